The van der Waals surface area contributed by atoms with Gasteiger partial charge in [0, 0.05) is 13.1 Å². The molecule has 0 aliphatic carbocycles. The quantitative estimate of drug-likeness (QED) is 0.672. The molecule has 30 heavy (non-hydrogen) atoms. The van der Waals surface area contributed by atoms with Crippen LogP contribution >= 0.6 is 0 Å². The summed E-state index contributed by atoms with van der Waals surface area (Å²) in [6, 6.07) is 5.86. The van der Waals surface area contributed by atoms with Crippen LogP contribution in [0.4, 0.5) is 4.79 Å². The van der Waals surface area contributed by atoms with E-state index in [4.69, 9.17) is 4.74 Å². The lowest BCUT2D eigenvalue weighted by Crippen LogP contribution is -2.51. The molecule has 1 aromatic rings. The Bertz CT molecular complexity index is 742. The minimum atomic E-state index is -0.849. The van der Waals surface area contributed by atoms with Gasteiger partial charge >= 0.3 is 6.09 Å². The van der Waals surface area contributed by atoms with Gasteiger partial charge in [-0.3, -0.25) is 9.59 Å². The van der Waals surface area contributed by atoms with Crippen LogP contribution in [-0.4, -0.2) is 47.5 Å². The molecular weight excluding hydrogens is 382 g/mol. The number of carbonyl (C=O) groups is 3. The van der Waals surface area contributed by atoms with Crippen molar-refractivity contribution in [3.8, 4) is 0 Å². The fourth-order valence-corrected chi connectivity index (χ4v) is 3.20. The lowest BCUT2D eigenvalue weighted by molar-refractivity contribution is -0.140. The Hall–Kier alpha value is -2.57. The molecule has 0 aliphatic heterocycles. The number of amides is 3. The molecule has 7 heteroatoms. The maximum Gasteiger partial charge on any atom is 0.408 e. The third-order valence-corrected chi connectivity index (χ3v) is 4.56. The lowest BCUT2D eigenvalue weighted by atomic mass is 10.0. The van der Waals surface area contributed by atoms with E-state index in [1.54, 1.807) is 34.7 Å². The first kappa shape index (κ1) is 25.5. The second-order valence-corrected chi connectivity index (χ2v) is 8.83. The van der Waals surface area contributed by atoms with Crippen LogP contribution in [0.1, 0.15) is 71.6 Å². The van der Waals surface area contributed by atoms with Gasteiger partial charge in [-0.1, -0.05) is 43.2 Å². The SMILES string of the molecule is CCCC(C)NC(=O)C(c1cccc(C)c1)N(C)C(=O)C(C)NC(=O)OC(C)(C)C. The summed E-state index contributed by atoms with van der Waals surface area (Å²) < 4.78 is 5.23. The second kappa shape index (κ2) is 11.0. The van der Waals surface area contributed by atoms with Crippen molar-refractivity contribution in [2.75, 3.05) is 7.05 Å². The first-order chi connectivity index (χ1) is 13.9. The van der Waals surface area contributed by atoms with Gasteiger partial charge in [0.15, 0.2) is 0 Å². The molecule has 0 aromatic heterocycles. The number of likely N-dealkylation sites (N-methyl/N-ethyl adjacent to an activating group) is 1. The molecule has 0 spiro atoms. The van der Waals surface area contributed by atoms with Crippen molar-refractivity contribution in [1.82, 2.24) is 15.5 Å². The monoisotopic (exact) mass is 419 g/mol. The predicted molar refractivity (Wildman–Crippen MR) is 118 cm³/mol. The van der Waals surface area contributed by atoms with E-state index in [-0.39, 0.29) is 17.9 Å². The average molecular weight is 420 g/mol. The summed E-state index contributed by atoms with van der Waals surface area (Å²) in [7, 11) is 1.58. The molecule has 1 rings (SSSR count). The van der Waals surface area contributed by atoms with Gasteiger partial charge in [0.2, 0.25) is 11.8 Å². The van der Waals surface area contributed by atoms with Gasteiger partial charge in [0.05, 0.1) is 0 Å². The highest BCUT2D eigenvalue weighted by atomic mass is 16.6. The molecule has 1 aromatic carbocycles. The summed E-state index contributed by atoms with van der Waals surface area (Å²) in [5.74, 6) is -0.632. The lowest BCUT2D eigenvalue weighted by Gasteiger charge is -2.31. The van der Waals surface area contributed by atoms with Gasteiger partial charge < -0.3 is 20.3 Å². The van der Waals surface area contributed by atoms with E-state index in [9.17, 15) is 14.4 Å². The zero-order valence-electron chi connectivity index (χ0n) is 19.5. The predicted octanol–water partition coefficient (Wildman–Crippen LogP) is 3.71. The van der Waals surface area contributed by atoms with Crippen LogP contribution in [0.15, 0.2) is 24.3 Å². The number of benzene rings is 1. The van der Waals surface area contributed by atoms with Gasteiger partial charge in [0.25, 0.3) is 0 Å². The molecule has 7 nitrogen and oxygen atoms in total. The number of carbonyl (C=O) groups excluding carboxylic acids is 3. The molecule has 0 saturated heterocycles. The molecule has 3 unspecified atom stereocenters. The second-order valence-electron chi connectivity index (χ2n) is 8.83. The van der Waals surface area contributed by atoms with Gasteiger partial charge in [-0.05, 0) is 53.5 Å². The molecular formula is C23H37N3O4. The van der Waals surface area contributed by atoms with Crippen LogP contribution in [0, 0.1) is 6.92 Å². The molecule has 2 N–H and O–H groups in total. The van der Waals surface area contributed by atoms with E-state index in [0.717, 1.165) is 24.0 Å². The summed E-state index contributed by atoms with van der Waals surface area (Å²) in [6.45, 7) is 12.8. The standard InChI is InChI=1S/C23H37N3O4/c1-9-11-16(3)24-20(27)19(18-13-10-12-15(2)14-18)26(8)21(28)17(4)25-22(29)30-23(5,6)7/h10,12-14,16-17,19H,9,11H2,1-8H3,(H,24,27)(H,25,29). The molecule has 0 saturated carbocycles. The number of nitrogens with zero attached hydrogens (tertiary/aromatic N) is 1. The molecule has 0 fully saturated rings. The summed E-state index contributed by atoms with van der Waals surface area (Å²) >= 11 is 0. The van der Waals surface area contributed by atoms with E-state index in [0.29, 0.717) is 0 Å². The summed E-state index contributed by atoms with van der Waals surface area (Å²) in [6.07, 6.45) is 1.12. The average Bonchev–Trinajstić information content (AvgIpc) is 2.59. The van der Waals surface area contributed by atoms with Crippen LogP contribution < -0.4 is 10.6 Å². The molecule has 168 valence electrons. The van der Waals surface area contributed by atoms with Crippen molar-refractivity contribution in [3.05, 3.63) is 35.4 Å². The van der Waals surface area contributed by atoms with E-state index in [1.807, 2.05) is 38.1 Å². The van der Waals surface area contributed by atoms with Crippen LogP contribution in [0.5, 0.6) is 0 Å². The van der Waals surface area contributed by atoms with Crippen molar-refractivity contribution in [1.29, 1.82) is 0 Å². The fraction of sp³-hybridized carbons (Fsp3) is 0.609. The van der Waals surface area contributed by atoms with Gasteiger partial charge in [0.1, 0.15) is 17.7 Å². The maximum atomic E-state index is 13.1. The van der Waals surface area contributed by atoms with Gasteiger partial charge in [-0.25, -0.2) is 4.79 Å². The first-order valence-electron chi connectivity index (χ1n) is 10.5. The van der Waals surface area contributed by atoms with Crippen LogP contribution in [0.2, 0.25) is 0 Å². The Kier molecular flexibility index (Phi) is 9.33. The number of ether oxygens (including phenoxy) is 1. The van der Waals surface area contributed by atoms with E-state index in [1.165, 1.54) is 4.90 Å². The van der Waals surface area contributed by atoms with Crippen molar-refractivity contribution in [3.63, 3.8) is 0 Å². The largest absolute Gasteiger partial charge is 0.444 e. The highest BCUT2D eigenvalue weighted by Gasteiger charge is 2.32. The third kappa shape index (κ3) is 8.05. The normalized spacial score (nSPS) is 14.3. The van der Waals surface area contributed by atoms with Crippen LogP contribution in [0.3, 0.4) is 0 Å². The Labute approximate surface area is 180 Å². The van der Waals surface area contributed by atoms with Gasteiger partial charge in [-0.15, -0.1) is 0 Å². The van der Waals surface area contributed by atoms with Crippen molar-refractivity contribution < 1.29 is 19.1 Å². The highest BCUT2D eigenvalue weighted by molar-refractivity contribution is 5.91. The maximum absolute atomic E-state index is 13.1. The number of aryl methyl sites for hydroxylation is 1. The summed E-state index contributed by atoms with van der Waals surface area (Å²) in [5.41, 5.74) is 1.04. The van der Waals surface area contributed by atoms with E-state index >= 15 is 0 Å². The Morgan fingerprint density at radius 2 is 1.77 bits per heavy atom. The first-order valence-corrected chi connectivity index (χ1v) is 10.5. The molecule has 0 aliphatic rings. The zero-order valence-corrected chi connectivity index (χ0v) is 19.5. The highest BCUT2D eigenvalue weighted by Crippen LogP contribution is 2.22. The molecule has 0 radical (unpaired) electrons. The number of hydrogen-bond donors (Lipinski definition) is 2. The molecule has 3 atom stereocenters. The van der Waals surface area contributed by atoms with Crippen molar-refractivity contribution in [2.45, 2.75) is 85.0 Å². The minimum Gasteiger partial charge on any atom is -0.444 e. The van der Waals surface area contributed by atoms with Crippen molar-refractivity contribution in [2.24, 2.45) is 0 Å². The topological polar surface area (TPSA) is 87.7 Å². The Morgan fingerprint density at radius 1 is 1.13 bits per heavy atom. The van der Waals surface area contributed by atoms with Crippen LogP contribution in [0.25, 0.3) is 0 Å². The Balaban J connectivity index is 3.06. The number of hydrogen-bond acceptors (Lipinski definition) is 4. The molecule has 3 amide bonds. The number of alkyl carbamates (subject to hydrolysis) is 1. The Morgan fingerprint density at radius 3 is 2.30 bits per heavy atom. The smallest absolute Gasteiger partial charge is 0.408 e. The fourth-order valence-electron chi connectivity index (χ4n) is 3.20. The molecule has 0 heterocycles. The van der Waals surface area contributed by atoms with Crippen molar-refractivity contribution >= 4 is 17.9 Å². The minimum absolute atomic E-state index is 0.00405. The van der Waals surface area contributed by atoms with Crippen LogP contribution in [-0.2, 0) is 14.3 Å². The van der Waals surface area contributed by atoms with E-state index in [2.05, 4.69) is 17.6 Å². The molecule has 0 bridgehead atoms. The number of rotatable bonds is 8. The number of nitrogens with one attached hydrogen (secondary N) is 2. The summed E-state index contributed by atoms with van der Waals surface area (Å²) in [5, 5.41) is 5.55. The third-order valence-electron chi connectivity index (χ3n) is 4.56. The van der Waals surface area contributed by atoms with Gasteiger partial charge in [-0.2, -0.15) is 0 Å². The zero-order chi connectivity index (χ0) is 23.1. The summed E-state index contributed by atoms with van der Waals surface area (Å²) in [4.78, 5) is 39.6. The van der Waals surface area contributed by atoms with E-state index < -0.39 is 23.8 Å².